The Labute approximate surface area is 211 Å². The highest BCUT2D eigenvalue weighted by molar-refractivity contribution is 9.10. The summed E-state index contributed by atoms with van der Waals surface area (Å²) >= 11 is 3.62. The van der Waals surface area contributed by atoms with Crippen molar-refractivity contribution in [3.8, 4) is 17.6 Å². The molecule has 35 heavy (non-hydrogen) atoms. The Hall–Kier alpha value is -4.08. The summed E-state index contributed by atoms with van der Waals surface area (Å²) in [6.07, 6.45) is 1.78. The molecule has 5 nitrogen and oxygen atoms in total. The van der Waals surface area contributed by atoms with Crippen LogP contribution >= 0.6 is 15.9 Å². The van der Waals surface area contributed by atoms with E-state index in [1.807, 2.05) is 49.4 Å². The second-order valence-corrected chi connectivity index (χ2v) is 9.13. The van der Waals surface area contributed by atoms with Gasteiger partial charge in [0.2, 0.25) is 0 Å². The zero-order valence-corrected chi connectivity index (χ0v) is 20.9. The summed E-state index contributed by atoms with van der Waals surface area (Å²) in [4.78, 5) is 7.82. The molecular formula is C29H22BrN3O2. The fourth-order valence-corrected chi connectivity index (χ4v) is 4.59. The molecule has 0 spiro atoms. The summed E-state index contributed by atoms with van der Waals surface area (Å²) in [6.45, 7) is 2.42. The average Bonchev–Trinajstić information content (AvgIpc) is 3.29. The van der Waals surface area contributed by atoms with Crippen LogP contribution in [-0.4, -0.2) is 17.1 Å². The van der Waals surface area contributed by atoms with E-state index in [1.54, 1.807) is 13.2 Å². The largest absolute Gasteiger partial charge is 0.493 e. The van der Waals surface area contributed by atoms with Gasteiger partial charge in [-0.3, -0.25) is 0 Å². The Morgan fingerprint density at radius 2 is 1.89 bits per heavy atom. The third kappa shape index (κ3) is 4.77. The highest BCUT2D eigenvalue weighted by atomic mass is 79.9. The van der Waals surface area contributed by atoms with E-state index in [9.17, 15) is 5.26 Å². The molecule has 0 bridgehead atoms. The monoisotopic (exact) mass is 523 g/mol. The third-order valence-corrected chi connectivity index (χ3v) is 6.36. The molecule has 1 N–H and O–H groups in total. The molecule has 0 saturated heterocycles. The minimum absolute atomic E-state index is 0.400. The second-order valence-electron chi connectivity index (χ2n) is 8.28. The van der Waals surface area contributed by atoms with Gasteiger partial charge in [0.25, 0.3) is 0 Å². The molecule has 0 saturated carbocycles. The number of nitriles is 1. The lowest BCUT2D eigenvalue weighted by atomic mass is 10.1. The van der Waals surface area contributed by atoms with Crippen LogP contribution < -0.4 is 9.47 Å². The van der Waals surface area contributed by atoms with E-state index in [-0.39, 0.29) is 0 Å². The number of H-pyrrole nitrogens is 1. The van der Waals surface area contributed by atoms with Crippen molar-refractivity contribution in [2.45, 2.75) is 13.5 Å². The summed E-state index contributed by atoms with van der Waals surface area (Å²) in [5, 5.41) is 12.2. The van der Waals surface area contributed by atoms with Gasteiger partial charge in [-0.25, -0.2) is 4.98 Å². The van der Waals surface area contributed by atoms with Crippen LogP contribution in [0.25, 0.3) is 33.5 Å². The number of imidazole rings is 1. The van der Waals surface area contributed by atoms with E-state index in [0.717, 1.165) is 32.2 Å². The molecule has 0 fully saturated rings. The predicted octanol–water partition coefficient (Wildman–Crippen LogP) is 7.44. The number of aryl methyl sites for hydroxylation is 1. The van der Waals surface area contributed by atoms with Crippen LogP contribution in [0.4, 0.5) is 0 Å². The van der Waals surface area contributed by atoms with Gasteiger partial charge in [0.1, 0.15) is 18.5 Å². The molecule has 0 aliphatic carbocycles. The maximum Gasteiger partial charge on any atom is 0.175 e. The maximum atomic E-state index is 9.81. The summed E-state index contributed by atoms with van der Waals surface area (Å²) in [5.74, 6) is 1.71. The SMILES string of the molecule is COc1cc(/C=C(/C#N)c2nc3ccc(C)cc3[nH]2)cc(Br)c1OCc1ccc2ccccc2c1. The highest BCUT2D eigenvalue weighted by Gasteiger charge is 2.14. The standard InChI is InChI=1S/C29H22BrN3O2/c1-18-7-10-25-26(11-18)33-29(32-25)23(16-31)13-20-14-24(30)28(27(15-20)34-2)35-17-19-8-9-21-5-3-4-6-22(21)12-19/h3-15H,17H2,1-2H3,(H,32,33)/b23-13-. The first-order chi connectivity index (χ1) is 17.0. The number of benzene rings is 4. The number of fused-ring (bicyclic) bond motifs is 2. The molecule has 1 aromatic heterocycles. The Bertz CT molecular complexity index is 1630. The molecule has 1 heterocycles. The van der Waals surface area contributed by atoms with E-state index in [0.29, 0.717) is 29.5 Å². The van der Waals surface area contributed by atoms with Gasteiger partial charge in [0.15, 0.2) is 11.5 Å². The summed E-state index contributed by atoms with van der Waals surface area (Å²) in [6, 6.07) is 26.5. The van der Waals surface area contributed by atoms with Crippen LogP contribution in [0.2, 0.25) is 0 Å². The number of ether oxygens (including phenoxy) is 2. The normalized spacial score (nSPS) is 11.5. The number of methoxy groups -OCH3 is 1. The van der Waals surface area contributed by atoms with Crippen molar-refractivity contribution < 1.29 is 9.47 Å². The molecule has 0 aliphatic heterocycles. The molecule has 6 heteroatoms. The molecule has 172 valence electrons. The van der Waals surface area contributed by atoms with Crippen LogP contribution in [0, 0.1) is 18.3 Å². The van der Waals surface area contributed by atoms with Crippen molar-refractivity contribution in [3.63, 3.8) is 0 Å². The quantitative estimate of drug-likeness (QED) is 0.235. The van der Waals surface area contributed by atoms with Crippen molar-refractivity contribution in [1.29, 1.82) is 5.26 Å². The van der Waals surface area contributed by atoms with Gasteiger partial charge in [-0.15, -0.1) is 0 Å². The van der Waals surface area contributed by atoms with Crippen LogP contribution in [0.1, 0.15) is 22.5 Å². The number of halogens is 1. The highest BCUT2D eigenvalue weighted by Crippen LogP contribution is 2.38. The van der Waals surface area contributed by atoms with Gasteiger partial charge in [-0.1, -0.05) is 42.5 Å². The molecule has 5 aromatic rings. The van der Waals surface area contributed by atoms with Gasteiger partial charge in [0.05, 0.1) is 28.2 Å². The minimum Gasteiger partial charge on any atom is -0.493 e. The topological polar surface area (TPSA) is 70.9 Å². The molecule has 0 amide bonds. The molecular weight excluding hydrogens is 502 g/mol. The molecule has 0 unspecified atom stereocenters. The Balaban J connectivity index is 1.42. The number of nitrogens with one attached hydrogen (secondary N) is 1. The smallest absolute Gasteiger partial charge is 0.175 e. The Morgan fingerprint density at radius 3 is 2.69 bits per heavy atom. The number of hydrogen-bond acceptors (Lipinski definition) is 4. The van der Waals surface area contributed by atoms with Crippen LogP contribution in [-0.2, 0) is 6.61 Å². The van der Waals surface area contributed by atoms with Crippen LogP contribution in [0.3, 0.4) is 0 Å². The van der Waals surface area contributed by atoms with Gasteiger partial charge in [0, 0.05) is 0 Å². The van der Waals surface area contributed by atoms with Crippen molar-refractivity contribution in [1.82, 2.24) is 9.97 Å². The molecule has 0 radical (unpaired) electrons. The number of hydrogen-bond donors (Lipinski definition) is 1. The number of aromatic amines is 1. The number of nitrogens with zero attached hydrogens (tertiary/aromatic N) is 2. The van der Waals surface area contributed by atoms with E-state index >= 15 is 0 Å². The first-order valence-corrected chi connectivity index (χ1v) is 11.9. The zero-order chi connectivity index (χ0) is 24.4. The van der Waals surface area contributed by atoms with E-state index in [4.69, 9.17) is 9.47 Å². The molecule has 0 atom stereocenters. The van der Waals surface area contributed by atoms with E-state index in [1.165, 1.54) is 10.8 Å². The minimum atomic E-state index is 0.400. The lowest BCUT2D eigenvalue weighted by molar-refractivity contribution is 0.282. The summed E-state index contributed by atoms with van der Waals surface area (Å²) in [5.41, 5.74) is 5.13. The summed E-state index contributed by atoms with van der Waals surface area (Å²) < 4.78 is 12.5. The lowest BCUT2D eigenvalue weighted by Gasteiger charge is -2.14. The van der Waals surface area contributed by atoms with Crippen LogP contribution in [0.15, 0.2) is 77.3 Å². The first-order valence-electron chi connectivity index (χ1n) is 11.1. The van der Waals surface area contributed by atoms with E-state index in [2.05, 4.69) is 62.3 Å². The van der Waals surface area contributed by atoms with Crippen molar-refractivity contribution in [3.05, 3.63) is 99.8 Å². The molecule has 5 rings (SSSR count). The van der Waals surface area contributed by atoms with Gasteiger partial charge >= 0.3 is 0 Å². The molecule has 0 aliphatic rings. The van der Waals surface area contributed by atoms with Gasteiger partial charge < -0.3 is 14.5 Å². The number of allylic oxidation sites excluding steroid dienone is 1. The maximum absolute atomic E-state index is 9.81. The average molecular weight is 524 g/mol. The lowest BCUT2D eigenvalue weighted by Crippen LogP contribution is -1.99. The Morgan fingerprint density at radius 1 is 1.06 bits per heavy atom. The summed E-state index contributed by atoms with van der Waals surface area (Å²) in [7, 11) is 1.60. The van der Waals surface area contributed by atoms with Gasteiger partial charge in [-0.2, -0.15) is 5.26 Å². The second kappa shape index (κ2) is 9.65. The zero-order valence-electron chi connectivity index (χ0n) is 19.3. The van der Waals surface area contributed by atoms with Crippen molar-refractivity contribution in [2.24, 2.45) is 0 Å². The Kier molecular flexibility index (Phi) is 6.26. The number of aromatic nitrogens is 2. The fourth-order valence-electron chi connectivity index (χ4n) is 4.02. The fraction of sp³-hybridized carbons (Fsp3) is 0.103. The first kappa shape index (κ1) is 22.7. The van der Waals surface area contributed by atoms with E-state index < -0.39 is 0 Å². The molecule has 4 aromatic carbocycles. The van der Waals surface area contributed by atoms with Crippen molar-refractivity contribution >= 4 is 49.4 Å². The third-order valence-electron chi connectivity index (χ3n) is 5.77. The van der Waals surface area contributed by atoms with Crippen LogP contribution in [0.5, 0.6) is 11.5 Å². The van der Waals surface area contributed by atoms with Crippen molar-refractivity contribution in [2.75, 3.05) is 7.11 Å². The number of rotatable bonds is 6. The predicted molar refractivity (Wildman–Crippen MR) is 143 cm³/mol. The van der Waals surface area contributed by atoms with Gasteiger partial charge in [-0.05, 0) is 86.7 Å².